The highest BCUT2D eigenvalue weighted by molar-refractivity contribution is 5.74. The molecule has 2 aliphatic rings. The van der Waals surface area contributed by atoms with Gasteiger partial charge in [-0.15, -0.1) is 0 Å². The Morgan fingerprint density at radius 1 is 1.15 bits per heavy atom. The van der Waals surface area contributed by atoms with Crippen LogP contribution in [-0.4, -0.2) is 54.6 Å². The van der Waals surface area contributed by atoms with Crippen LogP contribution in [0.1, 0.15) is 46.5 Å². The van der Waals surface area contributed by atoms with E-state index in [1.54, 1.807) is 0 Å². The summed E-state index contributed by atoms with van der Waals surface area (Å²) >= 11 is 0. The third-order valence-electron chi connectivity index (χ3n) is 4.93. The molecule has 1 N–H and O–H groups in total. The molecule has 20 heavy (non-hydrogen) atoms. The number of hydrogen-bond donors (Lipinski definition) is 1. The zero-order chi connectivity index (χ0) is 14.5. The number of piperidine rings is 2. The first-order valence-corrected chi connectivity index (χ1v) is 8.33. The van der Waals surface area contributed by atoms with E-state index in [0.29, 0.717) is 12.0 Å². The summed E-state index contributed by atoms with van der Waals surface area (Å²) in [6.07, 6.45) is 4.99. The lowest BCUT2D eigenvalue weighted by Gasteiger charge is -2.36. The van der Waals surface area contributed by atoms with Gasteiger partial charge >= 0.3 is 6.03 Å². The molecule has 0 aromatic heterocycles. The molecule has 2 atom stereocenters. The molecule has 2 rings (SSSR count). The van der Waals surface area contributed by atoms with Gasteiger partial charge in [-0.1, -0.05) is 13.8 Å². The highest BCUT2D eigenvalue weighted by atomic mass is 16.2. The molecule has 2 aliphatic heterocycles. The van der Waals surface area contributed by atoms with Crippen LogP contribution in [0.25, 0.3) is 0 Å². The number of urea groups is 1. The molecule has 0 saturated carbocycles. The van der Waals surface area contributed by atoms with Crippen LogP contribution in [0, 0.1) is 11.8 Å². The average Bonchev–Trinajstić information content (AvgIpc) is 2.45. The second-order valence-electron chi connectivity index (χ2n) is 6.95. The summed E-state index contributed by atoms with van der Waals surface area (Å²) < 4.78 is 0. The molecule has 0 aromatic carbocycles. The molecule has 116 valence electrons. The summed E-state index contributed by atoms with van der Waals surface area (Å²) in [5, 5.41) is 3.13. The van der Waals surface area contributed by atoms with Crippen LogP contribution in [0.3, 0.4) is 0 Å². The van der Waals surface area contributed by atoms with Gasteiger partial charge in [0.25, 0.3) is 0 Å². The Bertz CT molecular complexity index is 313. The maximum atomic E-state index is 12.2. The highest BCUT2D eigenvalue weighted by Gasteiger charge is 2.23. The fourth-order valence-corrected chi connectivity index (χ4v) is 3.32. The molecule has 0 spiro atoms. The Kier molecular flexibility index (Phi) is 5.70. The number of likely N-dealkylation sites (tertiary alicyclic amines) is 2. The molecule has 0 bridgehead atoms. The summed E-state index contributed by atoms with van der Waals surface area (Å²) in [5.41, 5.74) is 0. The van der Waals surface area contributed by atoms with Crippen molar-refractivity contribution in [1.82, 2.24) is 15.1 Å². The Morgan fingerprint density at radius 3 is 2.50 bits per heavy atom. The first kappa shape index (κ1) is 15.6. The number of amides is 2. The molecule has 0 aromatic rings. The minimum atomic E-state index is 0.133. The van der Waals surface area contributed by atoms with E-state index in [-0.39, 0.29) is 6.03 Å². The van der Waals surface area contributed by atoms with Crippen molar-refractivity contribution in [1.29, 1.82) is 0 Å². The van der Waals surface area contributed by atoms with Gasteiger partial charge in [0.15, 0.2) is 0 Å². The monoisotopic (exact) mass is 281 g/mol. The van der Waals surface area contributed by atoms with E-state index in [0.717, 1.165) is 32.0 Å². The van der Waals surface area contributed by atoms with Gasteiger partial charge in [0.1, 0.15) is 0 Å². The van der Waals surface area contributed by atoms with Crippen LogP contribution in [0.4, 0.5) is 4.79 Å². The molecule has 2 fully saturated rings. The van der Waals surface area contributed by atoms with Crippen molar-refractivity contribution in [3.63, 3.8) is 0 Å². The molecule has 2 heterocycles. The van der Waals surface area contributed by atoms with Crippen LogP contribution in [0.2, 0.25) is 0 Å². The van der Waals surface area contributed by atoms with Crippen molar-refractivity contribution >= 4 is 6.03 Å². The quantitative estimate of drug-likeness (QED) is 0.863. The van der Waals surface area contributed by atoms with Crippen molar-refractivity contribution in [2.45, 2.75) is 52.5 Å². The van der Waals surface area contributed by atoms with Crippen molar-refractivity contribution in [2.75, 3.05) is 32.7 Å². The molecule has 0 aliphatic carbocycles. The topological polar surface area (TPSA) is 35.6 Å². The van der Waals surface area contributed by atoms with Crippen molar-refractivity contribution in [3.05, 3.63) is 0 Å². The van der Waals surface area contributed by atoms with E-state index in [1.807, 2.05) is 4.90 Å². The number of carbonyl (C=O) groups excluding carboxylic acids is 1. The normalized spacial score (nSPS) is 27.4. The van der Waals surface area contributed by atoms with E-state index in [1.165, 1.54) is 32.4 Å². The maximum Gasteiger partial charge on any atom is 0.317 e. The zero-order valence-electron chi connectivity index (χ0n) is 13.4. The highest BCUT2D eigenvalue weighted by Crippen LogP contribution is 2.18. The predicted molar refractivity (Wildman–Crippen MR) is 82.8 cm³/mol. The lowest BCUT2D eigenvalue weighted by Crippen LogP contribution is -2.50. The third-order valence-corrected chi connectivity index (χ3v) is 4.93. The van der Waals surface area contributed by atoms with Crippen LogP contribution >= 0.6 is 0 Å². The van der Waals surface area contributed by atoms with Gasteiger partial charge in [-0.3, -0.25) is 4.90 Å². The summed E-state index contributed by atoms with van der Waals surface area (Å²) in [5.74, 6) is 1.51. The van der Waals surface area contributed by atoms with E-state index >= 15 is 0 Å². The summed E-state index contributed by atoms with van der Waals surface area (Å²) in [4.78, 5) is 16.7. The van der Waals surface area contributed by atoms with Crippen LogP contribution < -0.4 is 5.32 Å². The van der Waals surface area contributed by atoms with Gasteiger partial charge in [-0.25, -0.2) is 4.79 Å². The van der Waals surface area contributed by atoms with E-state index in [2.05, 4.69) is 31.0 Å². The first-order chi connectivity index (χ1) is 9.56. The van der Waals surface area contributed by atoms with Crippen LogP contribution in [-0.2, 0) is 0 Å². The molecular formula is C16H31N3O. The van der Waals surface area contributed by atoms with E-state index in [9.17, 15) is 4.79 Å². The fraction of sp³-hybridized carbons (Fsp3) is 0.938. The van der Waals surface area contributed by atoms with Gasteiger partial charge in [0.05, 0.1) is 0 Å². The molecule has 2 unspecified atom stereocenters. The fourth-order valence-electron chi connectivity index (χ4n) is 3.32. The summed E-state index contributed by atoms with van der Waals surface area (Å²) in [7, 11) is 0. The Balaban J connectivity index is 1.69. The number of nitrogens with zero attached hydrogens (tertiary/aromatic N) is 2. The zero-order valence-corrected chi connectivity index (χ0v) is 13.4. The second-order valence-corrected chi connectivity index (χ2v) is 6.95. The SMILES string of the molecule is CC1CCN(C(C)CNC(=O)N2CCCC(C)C2)CC1. The largest absolute Gasteiger partial charge is 0.336 e. The second kappa shape index (κ2) is 7.30. The number of rotatable bonds is 3. The number of nitrogens with one attached hydrogen (secondary N) is 1. The standard InChI is InChI=1S/C16H31N3O/c1-13-6-9-18(10-7-13)15(3)11-17-16(20)19-8-4-5-14(2)12-19/h13-15H,4-12H2,1-3H3,(H,17,20). The van der Waals surface area contributed by atoms with Gasteiger partial charge < -0.3 is 10.2 Å². The molecule has 4 nitrogen and oxygen atoms in total. The molecule has 4 heteroatoms. The molecular weight excluding hydrogens is 250 g/mol. The van der Waals surface area contributed by atoms with Gasteiger partial charge in [-0.05, 0) is 57.5 Å². The third kappa shape index (κ3) is 4.37. The Hall–Kier alpha value is -0.770. The lowest BCUT2D eigenvalue weighted by molar-refractivity contribution is 0.138. The minimum absolute atomic E-state index is 0.133. The van der Waals surface area contributed by atoms with Gasteiger partial charge in [0, 0.05) is 25.7 Å². The summed E-state index contributed by atoms with van der Waals surface area (Å²) in [6, 6.07) is 0.586. The molecule has 2 saturated heterocycles. The Labute approximate surface area is 123 Å². The van der Waals surface area contributed by atoms with Crippen LogP contribution in [0.15, 0.2) is 0 Å². The summed E-state index contributed by atoms with van der Waals surface area (Å²) in [6.45, 7) is 11.8. The predicted octanol–water partition coefficient (Wildman–Crippen LogP) is 2.55. The van der Waals surface area contributed by atoms with Crippen molar-refractivity contribution < 1.29 is 4.79 Å². The molecule has 0 radical (unpaired) electrons. The van der Waals surface area contributed by atoms with Crippen LogP contribution in [0.5, 0.6) is 0 Å². The first-order valence-electron chi connectivity index (χ1n) is 8.33. The average molecular weight is 281 g/mol. The van der Waals surface area contributed by atoms with Crippen molar-refractivity contribution in [2.24, 2.45) is 11.8 Å². The van der Waals surface area contributed by atoms with Gasteiger partial charge in [0.2, 0.25) is 0 Å². The van der Waals surface area contributed by atoms with Gasteiger partial charge in [-0.2, -0.15) is 0 Å². The van der Waals surface area contributed by atoms with E-state index < -0.39 is 0 Å². The minimum Gasteiger partial charge on any atom is -0.336 e. The van der Waals surface area contributed by atoms with Crippen molar-refractivity contribution in [3.8, 4) is 0 Å². The maximum absolute atomic E-state index is 12.2. The van der Waals surface area contributed by atoms with E-state index in [4.69, 9.17) is 0 Å². The smallest absolute Gasteiger partial charge is 0.317 e. The number of carbonyl (C=O) groups is 1. The Morgan fingerprint density at radius 2 is 1.85 bits per heavy atom. The number of hydrogen-bond acceptors (Lipinski definition) is 2. The lowest BCUT2D eigenvalue weighted by atomic mass is 9.98. The molecule has 2 amide bonds.